The number of nitrogens with zero attached hydrogens (tertiary/aromatic N) is 1. The number of fused-ring (bicyclic) bond motifs is 1. The van der Waals surface area contributed by atoms with Gasteiger partial charge in [0.25, 0.3) is 10.0 Å². The average molecular weight is 380 g/mol. The van der Waals surface area contributed by atoms with Crippen LogP contribution in [0.2, 0.25) is 5.02 Å². The summed E-state index contributed by atoms with van der Waals surface area (Å²) in [6.07, 6.45) is 0. The molecular formula is C16H14ClN3O4S. The quantitative estimate of drug-likeness (QED) is 0.795. The van der Waals surface area contributed by atoms with Crippen LogP contribution in [0, 0.1) is 0 Å². The van der Waals surface area contributed by atoms with Gasteiger partial charge in [-0.05, 0) is 25.1 Å². The molecule has 0 saturated carbocycles. The van der Waals surface area contributed by atoms with Crippen LogP contribution in [-0.2, 0) is 10.0 Å². The van der Waals surface area contributed by atoms with Crippen molar-refractivity contribution < 1.29 is 17.9 Å². The number of nitrogens with one attached hydrogen (secondary N) is 2. The number of anilines is 2. The Balaban J connectivity index is 2.00. The third-order valence-electron chi connectivity index (χ3n) is 3.52. The van der Waals surface area contributed by atoms with E-state index in [0.717, 1.165) is 0 Å². The summed E-state index contributed by atoms with van der Waals surface area (Å²) in [5, 5.41) is 5.97. The van der Waals surface area contributed by atoms with E-state index in [-0.39, 0.29) is 33.1 Å². The highest BCUT2D eigenvalue weighted by molar-refractivity contribution is 7.90. The second kappa shape index (κ2) is 6.38. The average Bonchev–Trinajstić information content (AvgIpc) is 2.54. The highest BCUT2D eigenvalue weighted by Gasteiger charge is 2.28. The molecule has 9 heteroatoms. The maximum atomic E-state index is 12.4. The van der Waals surface area contributed by atoms with Crippen molar-refractivity contribution in [1.82, 2.24) is 0 Å². The fourth-order valence-corrected chi connectivity index (χ4v) is 3.75. The second-order valence-corrected chi connectivity index (χ2v) is 7.29. The molecule has 0 unspecified atom stereocenters. The maximum absolute atomic E-state index is 12.4. The van der Waals surface area contributed by atoms with Gasteiger partial charge in [-0.2, -0.15) is 8.42 Å². The fourth-order valence-electron chi connectivity index (χ4n) is 2.36. The molecule has 0 bridgehead atoms. The Kier molecular flexibility index (Phi) is 4.40. The van der Waals surface area contributed by atoms with Crippen LogP contribution < -0.4 is 15.4 Å². The summed E-state index contributed by atoms with van der Waals surface area (Å²) >= 11 is 5.93. The molecule has 7 nitrogen and oxygen atoms in total. The van der Waals surface area contributed by atoms with Crippen LogP contribution in [0.15, 0.2) is 45.7 Å². The van der Waals surface area contributed by atoms with Crippen LogP contribution in [0.1, 0.15) is 17.3 Å². The Morgan fingerprint density at radius 2 is 2.04 bits per heavy atom. The van der Waals surface area contributed by atoms with Crippen molar-refractivity contribution in [2.75, 3.05) is 17.7 Å². The molecular weight excluding hydrogens is 366 g/mol. The van der Waals surface area contributed by atoms with Gasteiger partial charge in [-0.15, -0.1) is 4.40 Å². The maximum Gasteiger partial charge on any atom is 0.287 e. The lowest BCUT2D eigenvalue weighted by Gasteiger charge is -2.21. The zero-order valence-corrected chi connectivity index (χ0v) is 14.9. The van der Waals surface area contributed by atoms with E-state index in [2.05, 4.69) is 15.0 Å². The van der Waals surface area contributed by atoms with Gasteiger partial charge in [0.2, 0.25) is 5.96 Å². The number of rotatable bonds is 3. The number of Topliss-reactive ketones (excluding diaryl/α,β-unsaturated/α-hetero) is 1. The van der Waals surface area contributed by atoms with E-state index in [0.29, 0.717) is 11.3 Å². The van der Waals surface area contributed by atoms with E-state index in [4.69, 9.17) is 16.3 Å². The minimum absolute atomic E-state index is 0.00572. The van der Waals surface area contributed by atoms with Gasteiger partial charge in [-0.1, -0.05) is 23.7 Å². The summed E-state index contributed by atoms with van der Waals surface area (Å²) in [7, 11) is -2.55. The molecule has 2 aromatic rings. The van der Waals surface area contributed by atoms with Crippen molar-refractivity contribution in [3.63, 3.8) is 0 Å². The molecule has 3 rings (SSSR count). The summed E-state index contributed by atoms with van der Waals surface area (Å²) in [5.41, 5.74) is 1.26. The van der Waals surface area contributed by atoms with Crippen molar-refractivity contribution in [2.24, 2.45) is 4.40 Å². The number of ether oxygens (including phenoxy) is 1. The molecule has 2 aromatic carbocycles. The van der Waals surface area contributed by atoms with Crippen LogP contribution in [0.25, 0.3) is 0 Å². The molecule has 0 atom stereocenters. The van der Waals surface area contributed by atoms with Crippen molar-refractivity contribution >= 4 is 44.7 Å². The second-order valence-electron chi connectivity index (χ2n) is 5.28. The Labute approximate surface area is 149 Å². The highest BCUT2D eigenvalue weighted by atomic mass is 35.5. The van der Waals surface area contributed by atoms with E-state index >= 15 is 0 Å². The molecule has 0 aromatic heterocycles. The first-order valence-corrected chi connectivity index (χ1v) is 8.99. The molecule has 0 amide bonds. The predicted molar refractivity (Wildman–Crippen MR) is 96.3 cm³/mol. The highest BCUT2D eigenvalue weighted by Crippen LogP contribution is 2.38. The van der Waals surface area contributed by atoms with Crippen LogP contribution in [0.4, 0.5) is 11.4 Å². The lowest BCUT2D eigenvalue weighted by Crippen LogP contribution is -2.28. The van der Waals surface area contributed by atoms with Crippen LogP contribution in [-0.4, -0.2) is 27.3 Å². The lowest BCUT2D eigenvalue weighted by molar-refractivity contribution is 0.101. The number of methoxy groups -OCH3 is 1. The van der Waals surface area contributed by atoms with Crippen molar-refractivity contribution in [3.8, 4) is 5.75 Å². The number of ketones is 1. The van der Waals surface area contributed by atoms with E-state index in [9.17, 15) is 13.2 Å². The van der Waals surface area contributed by atoms with E-state index in [1.165, 1.54) is 26.2 Å². The molecule has 1 heterocycles. The van der Waals surface area contributed by atoms with Gasteiger partial charge in [0.05, 0.1) is 7.11 Å². The third-order valence-corrected chi connectivity index (χ3v) is 5.03. The first-order valence-electron chi connectivity index (χ1n) is 7.18. The SMILES string of the molecule is COc1cc(Cl)cc2c1NC(Nc1cccc(C(C)=O)c1)=NS2(=O)=O. The fraction of sp³-hybridized carbons (Fsp3) is 0.125. The van der Waals surface area contributed by atoms with Gasteiger partial charge in [-0.3, -0.25) is 4.79 Å². The van der Waals surface area contributed by atoms with Crippen molar-refractivity contribution in [1.29, 1.82) is 0 Å². The van der Waals surface area contributed by atoms with E-state index < -0.39 is 10.0 Å². The normalized spacial score (nSPS) is 14.8. The molecule has 2 N–H and O–H groups in total. The summed E-state index contributed by atoms with van der Waals surface area (Å²) in [6.45, 7) is 1.45. The predicted octanol–water partition coefficient (Wildman–Crippen LogP) is 3.13. The number of benzene rings is 2. The molecule has 1 aliphatic rings. The van der Waals surface area contributed by atoms with Gasteiger partial charge in [0.1, 0.15) is 16.3 Å². The number of halogens is 1. The topological polar surface area (TPSA) is 96.9 Å². The van der Waals surface area contributed by atoms with Crippen LogP contribution in [0.5, 0.6) is 5.75 Å². The van der Waals surface area contributed by atoms with Gasteiger partial charge in [-0.25, -0.2) is 0 Å². The smallest absolute Gasteiger partial charge is 0.287 e. The summed E-state index contributed by atoms with van der Waals surface area (Å²) < 4.78 is 33.8. The zero-order chi connectivity index (χ0) is 18.2. The van der Waals surface area contributed by atoms with Crippen LogP contribution >= 0.6 is 11.6 Å². The standard InChI is InChI=1S/C16H14ClN3O4S/c1-9(21)10-4-3-5-12(6-10)18-16-19-15-13(24-2)7-11(17)8-14(15)25(22,23)20-16/h3-8H,1-2H3,(H2,18,19,20). The summed E-state index contributed by atoms with van der Waals surface area (Å²) in [6, 6.07) is 9.46. The molecule has 0 radical (unpaired) electrons. The van der Waals surface area contributed by atoms with Gasteiger partial charge >= 0.3 is 0 Å². The largest absolute Gasteiger partial charge is 0.494 e. The lowest BCUT2D eigenvalue weighted by atomic mass is 10.1. The minimum Gasteiger partial charge on any atom is -0.494 e. The third kappa shape index (κ3) is 3.45. The molecule has 130 valence electrons. The van der Waals surface area contributed by atoms with Crippen molar-refractivity contribution in [2.45, 2.75) is 11.8 Å². The number of guanidine groups is 1. The molecule has 0 aliphatic carbocycles. The Morgan fingerprint density at radius 1 is 1.28 bits per heavy atom. The first-order chi connectivity index (χ1) is 11.8. The summed E-state index contributed by atoms with van der Waals surface area (Å²) in [5.74, 6) is 0.169. The number of carbonyl (C=O) groups is 1. The summed E-state index contributed by atoms with van der Waals surface area (Å²) in [4.78, 5) is 11.4. The molecule has 0 spiro atoms. The minimum atomic E-state index is -3.96. The number of sulfonamides is 1. The van der Waals surface area contributed by atoms with E-state index in [1.807, 2.05) is 0 Å². The van der Waals surface area contributed by atoms with Gasteiger partial charge < -0.3 is 15.4 Å². The van der Waals surface area contributed by atoms with Crippen molar-refractivity contribution in [3.05, 3.63) is 47.0 Å². The van der Waals surface area contributed by atoms with Crippen LogP contribution in [0.3, 0.4) is 0 Å². The molecule has 0 saturated heterocycles. The number of hydrogen-bond acceptors (Lipinski definition) is 6. The Morgan fingerprint density at radius 3 is 2.72 bits per heavy atom. The molecule has 1 aliphatic heterocycles. The monoisotopic (exact) mass is 379 g/mol. The Bertz CT molecular complexity index is 1000. The number of carbonyl (C=O) groups excluding carboxylic acids is 1. The molecule has 25 heavy (non-hydrogen) atoms. The van der Waals surface area contributed by atoms with Gasteiger partial charge in [0, 0.05) is 22.3 Å². The zero-order valence-electron chi connectivity index (χ0n) is 13.3. The molecule has 0 fully saturated rings. The number of hydrogen-bond donors (Lipinski definition) is 2. The van der Waals surface area contributed by atoms with E-state index in [1.54, 1.807) is 24.3 Å². The van der Waals surface area contributed by atoms with Gasteiger partial charge in [0.15, 0.2) is 5.78 Å². The Hall–Kier alpha value is -2.58. The first kappa shape index (κ1) is 17.2.